The summed E-state index contributed by atoms with van der Waals surface area (Å²) in [5.41, 5.74) is 5.20. The Morgan fingerprint density at radius 1 is 1.15 bits per heavy atom. The van der Waals surface area contributed by atoms with E-state index in [0.717, 1.165) is 33.8 Å². The average Bonchev–Trinajstić information content (AvgIpc) is 2.63. The first kappa shape index (κ1) is 18.9. The van der Waals surface area contributed by atoms with Crippen LogP contribution in [0, 0.1) is 13.8 Å². The fourth-order valence-corrected chi connectivity index (χ4v) is 3.48. The smallest absolute Gasteiger partial charge is 0.255 e. The number of benzene rings is 2. The minimum atomic E-state index is -0.361. The van der Waals surface area contributed by atoms with Crippen LogP contribution in [0.4, 0.5) is 5.69 Å². The molecule has 140 valence electrons. The molecule has 0 saturated heterocycles. The minimum Gasteiger partial charge on any atom is -0.497 e. The molecule has 0 aliphatic carbocycles. The van der Waals surface area contributed by atoms with Crippen LogP contribution in [0.2, 0.25) is 0 Å². The number of allylic oxidation sites excluding steroid dienone is 1. The van der Waals surface area contributed by atoms with Crippen molar-refractivity contribution in [2.24, 2.45) is 0 Å². The number of anilines is 1. The van der Waals surface area contributed by atoms with E-state index >= 15 is 0 Å². The summed E-state index contributed by atoms with van der Waals surface area (Å²) < 4.78 is 5.32. The van der Waals surface area contributed by atoms with Gasteiger partial charge in [-0.1, -0.05) is 29.8 Å². The lowest BCUT2D eigenvalue weighted by molar-refractivity contribution is -0.113. The number of ether oxygens (including phenoxy) is 1. The number of carbonyl (C=O) groups excluding carboxylic acids is 1. The maximum absolute atomic E-state index is 13.1. The van der Waals surface area contributed by atoms with Crippen molar-refractivity contribution in [3.63, 3.8) is 0 Å². The third-order valence-corrected chi connectivity index (χ3v) is 4.79. The molecule has 0 fully saturated rings. The van der Waals surface area contributed by atoms with Crippen molar-refractivity contribution in [1.29, 1.82) is 0 Å². The lowest BCUT2D eigenvalue weighted by Crippen LogP contribution is -2.45. The third-order valence-electron chi connectivity index (χ3n) is 4.57. The van der Waals surface area contributed by atoms with Crippen molar-refractivity contribution in [3.05, 3.63) is 70.4 Å². The van der Waals surface area contributed by atoms with E-state index in [1.54, 1.807) is 7.11 Å². The van der Waals surface area contributed by atoms with Gasteiger partial charge in [-0.2, -0.15) is 0 Å². The highest BCUT2D eigenvalue weighted by Crippen LogP contribution is 2.30. The van der Waals surface area contributed by atoms with Gasteiger partial charge in [-0.3, -0.25) is 4.79 Å². The van der Waals surface area contributed by atoms with Crippen molar-refractivity contribution in [3.8, 4) is 5.75 Å². The summed E-state index contributed by atoms with van der Waals surface area (Å²) in [6, 6.07) is 13.2. The van der Waals surface area contributed by atoms with Gasteiger partial charge in [0.05, 0.1) is 18.7 Å². The quantitative estimate of drug-likeness (QED) is 0.704. The van der Waals surface area contributed by atoms with Crippen LogP contribution in [0.3, 0.4) is 0 Å². The standard InChI is InChI=1S/C21H23N3O2S/c1-12-8-9-17(13(2)10-12)23-20(25)18-14(3)22-21(27)24-19(18)15-6-5-7-16(11-15)26-4/h5-11,19H,1-4H3,(H,23,25)(H2,22,24,27)/t19-/m1/s1. The van der Waals surface area contributed by atoms with Gasteiger partial charge < -0.3 is 20.7 Å². The van der Waals surface area contributed by atoms with Crippen molar-refractivity contribution in [2.45, 2.75) is 26.8 Å². The summed E-state index contributed by atoms with van der Waals surface area (Å²) in [6.07, 6.45) is 0. The van der Waals surface area contributed by atoms with Crippen LogP contribution < -0.4 is 20.7 Å². The first-order chi connectivity index (χ1) is 12.9. The fourth-order valence-electron chi connectivity index (χ4n) is 3.21. The molecule has 1 atom stereocenters. The summed E-state index contributed by atoms with van der Waals surface area (Å²) in [5.74, 6) is 0.556. The second-order valence-corrected chi connectivity index (χ2v) is 7.03. The number of thiocarbonyl (C=S) groups is 1. The Morgan fingerprint density at radius 2 is 1.93 bits per heavy atom. The van der Waals surface area contributed by atoms with E-state index in [4.69, 9.17) is 17.0 Å². The van der Waals surface area contributed by atoms with Crippen molar-refractivity contribution < 1.29 is 9.53 Å². The summed E-state index contributed by atoms with van der Waals surface area (Å²) in [6.45, 7) is 5.87. The van der Waals surface area contributed by atoms with E-state index in [1.807, 2.05) is 63.2 Å². The van der Waals surface area contributed by atoms with Crippen LogP contribution in [-0.4, -0.2) is 18.1 Å². The van der Waals surface area contributed by atoms with Gasteiger partial charge in [0, 0.05) is 11.4 Å². The molecule has 0 radical (unpaired) electrons. The molecule has 3 N–H and O–H groups in total. The van der Waals surface area contributed by atoms with E-state index in [0.29, 0.717) is 10.7 Å². The Hall–Kier alpha value is -2.86. The first-order valence-electron chi connectivity index (χ1n) is 8.70. The molecule has 0 spiro atoms. The van der Waals surface area contributed by atoms with Crippen LogP contribution in [0.25, 0.3) is 0 Å². The summed E-state index contributed by atoms with van der Waals surface area (Å²) in [7, 11) is 1.62. The van der Waals surface area contributed by atoms with Crippen LogP contribution in [0.15, 0.2) is 53.7 Å². The zero-order valence-corrected chi connectivity index (χ0v) is 16.7. The van der Waals surface area contributed by atoms with E-state index in [9.17, 15) is 4.79 Å². The van der Waals surface area contributed by atoms with Gasteiger partial charge in [-0.25, -0.2) is 0 Å². The highest BCUT2D eigenvalue weighted by atomic mass is 32.1. The molecule has 3 rings (SSSR count). The second-order valence-electron chi connectivity index (χ2n) is 6.62. The molecule has 2 aromatic rings. The molecular weight excluding hydrogens is 358 g/mol. The largest absolute Gasteiger partial charge is 0.497 e. The first-order valence-corrected chi connectivity index (χ1v) is 9.10. The monoisotopic (exact) mass is 381 g/mol. The normalized spacial score (nSPS) is 16.4. The predicted octanol–water partition coefficient (Wildman–Crippen LogP) is 3.74. The Bertz CT molecular complexity index is 937. The van der Waals surface area contributed by atoms with Crippen molar-refractivity contribution in [2.75, 3.05) is 12.4 Å². The van der Waals surface area contributed by atoms with Crippen LogP contribution >= 0.6 is 12.2 Å². The Morgan fingerprint density at radius 3 is 2.63 bits per heavy atom. The maximum atomic E-state index is 13.1. The molecule has 1 amide bonds. The third kappa shape index (κ3) is 4.11. The molecule has 1 heterocycles. The predicted molar refractivity (Wildman–Crippen MR) is 112 cm³/mol. The Kier molecular flexibility index (Phi) is 5.46. The van der Waals surface area contributed by atoms with Gasteiger partial charge in [0.25, 0.3) is 5.91 Å². The molecule has 0 saturated carbocycles. The molecule has 0 unspecified atom stereocenters. The molecular formula is C21H23N3O2S. The van der Waals surface area contributed by atoms with Crippen LogP contribution in [-0.2, 0) is 4.79 Å². The van der Waals surface area contributed by atoms with E-state index in [1.165, 1.54) is 0 Å². The van der Waals surface area contributed by atoms with Crippen LogP contribution in [0.5, 0.6) is 5.75 Å². The summed E-state index contributed by atoms with van der Waals surface area (Å²) >= 11 is 5.31. The lowest BCUT2D eigenvalue weighted by Gasteiger charge is -2.30. The highest BCUT2D eigenvalue weighted by molar-refractivity contribution is 7.80. The minimum absolute atomic E-state index is 0.172. The van der Waals surface area contributed by atoms with Gasteiger partial charge >= 0.3 is 0 Å². The topological polar surface area (TPSA) is 62.4 Å². The number of aryl methyl sites for hydroxylation is 2. The van der Waals surface area contributed by atoms with Gasteiger partial charge in [-0.15, -0.1) is 0 Å². The van der Waals surface area contributed by atoms with Gasteiger partial charge in [0.15, 0.2) is 5.11 Å². The highest BCUT2D eigenvalue weighted by Gasteiger charge is 2.30. The summed E-state index contributed by atoms with van der Waals surface area (Å²) in [4.78, 5) is 13.1. The molecule has 1 aliphatic heterocycles. The Labute approximate surface area is 164 Å². The lowest BCUT2D eigenvalue weighted by atomic mass is 9.94. The fraction of sp³-hybridized carbons (Fsp3) is 0.238. The van der Waals surface area contributed by atoms with Crippen LogP contribution in [0.1, 0.15) is 29.7 Å². The number of carbonyl (C=O) groups is 1. The zero-order valence-electron chi connectivity index (χ0n) is 15.8. The van der Waals surface area contributed by atoms with Crippen molar-refractivity contribution >= 4 is 28.9 Å². The molecule has 0 aromatic heterocycles. The molecule has 27 heavy (non-hydrogen) atoms. The van der Waals surface area contributed by atoms with E-state index in [-0.39, 0.29) is 11.9 Å². The van der Waals surface area contributed by atoms with Crippen molar-refractivity contribution in [1.82, 2.24) is 10.6 Å². The van der Waals surface area contributed by atoms with E-state index < -0.39 is 0 Å². The van der Waals surface area contributed by atoms with Gasteiger partial charge in [0.2, 0.25) is 0 Å². The van der Waals surface area contributed by atoms with Gasteiger partial charge in [0.1, 0.15) is 5.75 Å². The molecule has 2 aromatic carbocycles. The van der Waals surface area contributed by atoms with E-state index in [2.05, 4.69) is 16.0 Å². The SMILES string of the molecule is COc1cccc([C@H]2NC(=S)NC(C)=C2C(=O)Nc2ccc(C)cc2C)c1. The Balaban J connectivity index is 1.96. The zero-order chi connectivity index (χ0) is 19.6. The summed E-state index contributed by atoms with van der Waals surface area (Å²) in [5, 5.41) is 9.78. The number of nitrogens with one attached hydrogen (secondary N) is 3. The number of hydrogen-bond donors (Lipinski definition) is 3. The molecule has 5 nitrogen and oxygen atoms in total. The molecule has 1 aliphatic rings. The molecule has 6 heteroatoms. The number of amides is 1. The van der Waals surface area contributed by atoms with Gasteiger partial charge in [-0.05, 0) is 62.3 Å². The number of hydrogen-bond acceptors (Lipinski definition) is 3. The average molecular weight is 382 g/mol. The molecule has 0 bridgehead atoms. The second kappa shape index (κ2) is 7.80. The number of rotatable bonds is 4. The number of methoxy groups -OCH3 is 1. The maximum Gasteiger partial charge on any atom is 0.255 e.